The Morgan fingerprint density at radius 2 is 1.46 bits per heavy atom. The molecule has 4 aromatic heterocycles. The minimum Gasteiger partial charge on any atom is -0.463 e. The highest BCUT2D eigenvalue weighted by atomic mass is 28.3. The molecule has 3 nitrogen and oxygen atoms in total. The van der Waals surface area contributed by atoms with Crippen molar-refractivity contribution in [3.05, 3.63) is 97.2 Å². The smallest absolute Gasteiger partial charge is 0.159 e. The van der Waals surface area contributed by atoms with Crippen molar-refractivity contribution in [1.29, 1.82) is 0 Å². The second-order valence-electron chi connectivity index (χ2n) is 10.0. The summed E-state index contributed by atoms with van der Waals surface area (Å²) in [5.41, 5.74) is 5.57. The van der Waals surface area contributed by atoms with Gasteiger partial charge in [0.15, 0.2) is 8.07 Å². The second-order valence-corrected chi connectivity index (χ2v) is 14.3. The minimum absolute atomic E-state index is 0.918. The molecule has 8 aromatic rings. The van der Waals surface area contributed by atoms with Crippen LogP contribution >= 0.6 is 0 Å². The molecule has 0 amide bonds. The van der Waals surface area contributed by atoms with E-state index >= 15 is 0 Å². The molecule has 4 aromatic carbocycles. The zero-order chi connectivity index (χ0) is 23.3. The van der Waals surface area contributed by atoms with Crippen LogP contribution in [0.25, 0.3) is 60.0 Å². The highest BCUT2D eigenvalue weighted by molar-refractivity contribution is 7.01. The molecule has 166 valence electrons. The summed E-state index contributed by atoms with van der Waals surface area (Å²) < 4.78 is 9.28. The van der Waals surface area contributed by atoms with Crippen molar-refractivity contribution in [1.82, 2.24) is 9.38 Å². The van der Waals surface area contributed by atoms with Gasteiger partial charge in [-0.3, -0.25) is 4.98 Å². The highest BCUT2D eigenvalue weighted by Gasteiger charge is 2.35. The van der Waals surface area contributed by atoms with Crippen molar-refractivity contribution in [2.45, 2.75) is 13.1 Å². The molecule has 0 radical (unpaired) electrons. The van der Waals surface area contributed by atoms with Gasteiger partial charge in [-0.1, -0.05) is 91.1 Å². The van der Waals surface area contributed by atoms with Crippen molar-refractivity contribution in [3.8, 4) is 0 Å². The van der Waals surface area contributed by atoms with E-state index in [2.05, 4.69) is 102 Å². The van der Waals surface area contributed by atoms with Gasteiger partial charge in [-0.2, -0.15) is 0 Å². The molecule has 4 heterocycles. The molecular formula is C31H22N2OSi. The van der Waals surface area contributed by atoms with Crippen LogP contribution in [0.2, 0.25) is 13.1 Å². The number of para-hydroxylation sites is 1. The van der Waals surface area contributed by atoms with Crippen LogP contribution in [0.1, 0.15) is 0 Å². The van der Waals surface area contributed by atoms with Gasteiger partial charge in [-0.05, 0) is 29.0 Å². The van der Waals surface area contributed by atoms with E-state index in [1.54, 1.807) is 0 Å². The quantitative estimate of drug-likeness (QED) is 0.157. The number of pyridine rings is 2. The first-order chi connectivity index (χ1) is 17.1. The van der Waals surface area contributed by atoms with Crippen LogP contribution in [0.3, 0.4) is 0 Å². The standard InChI is InChI=1S/C31H22N2OSi/c1-35(2,20-11-4-3-5-12-20)31-30-27-25(34-31)16-17-32-28(27)23-18-19-10-6-7-13-21(19)26-22-14-8-9-15-24(22)33(30)29(23)26/h3-18H,1-2H3. The monoisotopic (exact) mass is 466 g/mol. The zero-order valence-electron chi connectivity index (χ0n) is 19.5. The summed E-state index contributed by atoms with van der Waals surface area (Å²) in [7, 11) is -2.16. The summed E-state index contributed by atoms with van der Waals surface area (Å²) in [5.74, 6) is 0. The van der Waals surface area contributed by atoms with Crippen LogP contribution < -0.4 is 10.6 Å². The van der Waals surface area contributed by atoms with Gasteiger partial charge in [-0.25, -0.2) is 0 Å². The van der Waals surface area contributed by atoms with Crippen LogP contribution in [0, 0.1) is 0 Å². The maximum atomic E-state index is 6.81. The predicted octanol–water partition coefficient (Wildman–Crippen LogP) is 6.95. The molecule has 0 unspecified atom stereocenters. The third-order valence-electron chi connectivity index (χ3n) is 7.78. The van der Waals surface area contributed by atoms with Crippen molar-refractivity contribution in [2.75, 3.05) is 0 Å². The first-order valence-corrected chi connectivity index (χ1v) is 15.1. The number of aromatic nitrogens is 2. The number of benzene rings is 4. The lowest BCUT2D eigenvalue weighted by Crippen LogP contribution is -2.52. The highest BCUT2D eigenvalue weighted by Crippen LogP contribution is 2.43. The summed E-state index contributed by atoms with van der Waals surface area (Å²) in [6.07, 6.45) is 1.89. The molecule has 0 aliphatic rings. The Hall–Kier alpha value is -4.15. The summed E-state index contributed by atoms with van der Waals surface area (Å²) in [4.78, 5) is 4.95. The van der Waals surface area contributed by atoms with Crippen molar-refractivity contribution < 1.29 is 4.42 Å². The van der Waals surface area contributed by atoms with Crippen LogP contribution in [0.5, 0.6) is 0 Å². The molecule has 0 fully saturated rings. The van der Waals surface area contributed by atoms with E-state index in [-0.39, 0.29) is 0 Å². The van der Waals surface area contributed by atoms with E-state index in [4.69, 9.17) is 9.40 Å². The molecule has 4 heteroatoms. The molecule has 8 rings (SSSR count). The largest absolute Gasteiger partial charge is 0.463 e. The van der Waals surface area contributed by atoms with Crippen LogP contribution in [-0.2, 0) is 0 Å². The SMILES string of the molecule is C[Si](C)(c1ccccc1)c1oc2ccnc3c4cc5ccccc5c5c6ccccc6n(c1c23)c45. The van der Waals surface area contributed by atoms with Crippen molar-refractivity contribution in [2.24, 2.45) is 0 Å². The Kier molecular flexibility index (Phi) is 3.56. The Morgan fingerprint density at radius 1 is 0.714 bits per heavy atom. The van der Waals surface area contributed by atoms with E-state index < -0.39 is 8.07 Å². The lowest BCUT2D eigenvalue weighted by Gasteiger charge is -2.21. The topological polar surface area (TPSA) is 30.4 Å². The average molecular weight is 467 g/mol. The molecule has 35 heavy (non-hydrogen) atoms. The molecule has 0 saturated heterocycles. The van der Waals surface area contributed by atoms with E-state index in [1.165, 1.54) is 48.7 Å². The van der Waals surface area contributed by atoms with E-state index in [9.17, 15) is 0 Å². The number of rotatable bonds is 2. The van der Waals surface area contributed by atoms with Gasteiger partial charge in [0, 0.05) is 22.4 Å². The maximum Gasteiger partial charge on any atom is 0.159 e. The summed E-state index contributed by atoms with van der Waals surface area (Å²) >= 11 is 0. The Bertz CT molecular complexity index is 2080. The Balaban J connectivity index is 1.71. The number of hydrogen-bond donors (Lipinski definition) is 0. The number of fused-ring (bicyclic) bond motifs is 7. The van der Waals surface area contributed by atoms with E-state index in [0.29, 0.717) is 0 Å². The van der Waals surface area contributed by atoms with E-state index in [0.717, 1.165) is 21.9 Å². The predicted molar refractivity (Wildman–Crippen MR) is 149 cm³/mol. The van der Waals surface area contributed by atoms with E-state index in [1.807, 2.05) is 12.3 Å². The Labute approximate surface area is 202 Å². The lowest BCUT2D eigenvalue weighted by molar-refractivity contribution is 0.650. The Morgan fingerprint density at radius 3 is 2.31 bits per heavy atom. The molecule has 0 aliphatic carbocycles. The van der Waals surface area contributed by atoms with Crippen molar-refractivity contribution >= 4 is 78.6 Å². The fourth-order valence-corrected chi connectivity index (χ4v) is 8.59. The third kappa shape index (κ3) is 2.32. The van der Waals surface area contributed by atoms with Gasteiger partial charge < -0.3 is 8.82 Å². The molecule has 0 atom stereocenters. The van der Waals surface area contributed by atoms with Gasteiger partial charge in [0.05, 0.1) is 27.5 Å². The number of nitrogens with zero attached hydrogens (tertiary/aromatic N) is 2. The minimum atomic E-state index is -2.16. The first-order valence-electron chi connectivity index (χ1n) is 12.1. The molecular weight excluding hydrogens is 444 g/mol. The summed E-state index contributed by atoms with van der Waals surface area (Å²) in [5, 5.41) is 9.86. The molecule has 0 aliphatic heterocycles. The number of furan rings is 1. The van der Waals surface area contributed by atoms with Crippen LogP contribution in [0.15, 0.2) is 102 Å². The molecule has 0 N–H and O–H groups in total. The van der Waals surface area contributed by atoms with Crippen molar-refractivity contribution in [3.63, 3.8) is 0 Å². The fraction of sp³-hybridized carbons (Fsp3) is 0.0645. The lowest BCUT2D eigenvalue weighted by atomic mass is 10.00. The van der Waals surface area contributed by atoms with Crippen LogP contribution in [-0.4, -0.2) is 17.5 Å². The number of hydrogen-bond acceptors (Lipinski definition) is 2. The van der Waals surface area contributed by atoms with Crippen LogP contribution in [0.4, 0.5) is 0 Å². The molecule has 0 saturated carbocycles. The first kappa shape index (κ1) is 19.2. The van der Waals surface area contributed by atoms with Gasteiger partial charge in [0.2, 0.25) is 0 Å². The van der Waals surface area contributed by atoms with Gasteiger partial charge >= 0.3 is 0 Å². The maximum absolute atomic E-state index is 6.81. The molecule has 0 spiro atoms. The fourth-order valence-electron chi connectivity index (χ4n) is 6.11. The normalized spacial score (nSPS) is 12.9. The average Bonchev–Trinajstić information content (AvgIpc) is 3.46. The summed E-state index contributed by atoms with van der Waals surface area (Å²) in [6, 6.07) is 32.7. The van der Waals surface area contributed by atoms with Gasteiger partial charge in [-0.15, -0.1) is 0 Å². The third-order valence-corrected chi connectivity index (χ3v) is 11.0. The zero-order valence-corrected chi connectivity index (χ0v) is 20.5. The van der Waals surface area contributed by atoms with Gasteiger partial charge in [0.1, 0.15) is 11.0 Å². The van der Waals surface area contributed by atoms with Gasteiger partial charge in [0.25, 0.3) is 0 Å². The second kappa shape index (κ2) is 6.49. The summed E-state index contributed by atoms with van der Waals surface area (Å²) in [6.45, 7) is 4.78. The molecule has 0 bridgehead atoms.